The Morgan fingerprint density at radius 2 is 1.48 bits per heavy atom. The predicted octanol–water partition coefficient (Wildman–Crippen LogP) is 9.51. The van der Waals surface area contributed by atoms with Crippen LogP contribution in [-0.4, -0.2) is 0 Å². The van der Waals surface area contributed by atoms with Gasteiger partial charge in [-0.25, -0.2) is 0 Å². The van der Waals surface area contributed by atoms with E-state index >= 15 is 0 Å². The van der Waals surface area contributed by atoms with Gasteiger partial charge in [-0.15, -0.1) is 0 Å². The Kier molecular flexibility index (Phi) is 13.1. The maximum Gasteiger partial charge on any atom is 0.00125 e. The van der Waals surface area contributed by atoms with Crippen LogP contribution in [0.1, 0.15) is 125 Å². The minimum atomic E-state index is 0.732. The lowest BCUT2D eigenvalue weighted by Crippen LogP contribution is -2.31. The fourth-order valence-electron chi connectivity index (χ4n) is 5.35. The molecule has 0 amide bonds. The summed E-state index contributed by atoms with van der Waals surface area (Å²) in [5.41, 5.74) is 3.65. The van der Waals surface area contributed by atoms with Crippen LogP contribution in [-0.2, 0) is 0 Å². The van der Waals surface area contributed by atoms with Crippen molar-refractivity contribution >= 4 is 0 Å². The first-order valence-electron chi connectivity index (χ1n) is 12.6. The molecule has 3 atom stereocenters. The molecule has 0 saturated heterocycles. The molecule has 1 aliphatic carbocycles. The molecular formula is C27H50. The minimum absolute atomic E-state index is 0.732. The van der Waals surface area contributed by atoms with Crippen molar-refractivity contribution in [3.8, 4) is 0 Å². The molecule has 1 saturated carbocycles. The summed E-state index contributed by atoms with van der Waals surface area (Å²) in [6, 6.07) is 0. The van der Waals surface area contributed by atoms with Gasteiger partial charge in [0.15, 0.2) is 0 Å². The number of hydrogen-bond acceptors (Lipinski definition) is 0. The van der Waals surface area contributed by atoms with Crippen molar-refractivity contribution in [2.75, 3.05) is 0 Å². The number of unbranched alkanes of at least 4 members (excludes halogenated alkanes) is 4. The van der Waals surface area contributed by atoms with Crippen LogP contribution < -0.4 is 0 Å². The van der Waals surface area contributed by atoms with E-state index in [0.29, 0.717) is 0 Å². The molecule has 0 aliphatic heterocycles. The van der Waals surface area contributed by atoms with Crippen LogP contribution in [0.3, 0.4) is 0 Å². The van der Waals surface area contributed by atoms with E-state index in [2.05, 4.69) is 53.7 Å². The fraction of sp³-hybridized carbons (Fsp3) is 0.852. The SMILES string of the molecule is CC/C=C(\C(CCCCCCC)/C(=C/CC)C(CC)CC)C1CCC1CC. The van der Waals surface area contributed by atoms with Crippen LogP contribution in [0.4, 0.5) is 0 Å². The Morgan fingerprint density at radius 3 is 1.96 bits per heavy atom. The largest absolute Gasteiger partial charge is 0.0847 e. The molecule has 0 spiro atoms. The summed E-state index contributed by atoms with van der Waals surface area (Å²) in [5, 5.41) is 0. The average molecular weight is 375 g/mol. The van der Waals surface area contributed by atoms with Gasteiger partial charge < -0.3 is 0 Å². The average Bonchev–Trinajstić information content (AvgIpc) is 2.64. The first kappa shape index (κ1) is 24.5. The van der Waals surface area contributed by atoms with Crippen LogP contribution in [0.15, 0.2) is 23.3 Å². The van der Waals surface area contributed by atoms with Crippen LogP contribution >= 0.6 is 0 Å². The van der Waals surface area contributed by atoms with E-state index in [4.69, 9.17) is 0 Å². The standard InChI is InChI=1S/C27H50/c1-7-13-14-15-16-19-27(24(17-8-2)22(10-4)11-5)26(18-9-3)25-21-20-23(25)12-6/h17-18,22-23,25,27H,7-16,19-21H2,1-6H3/b24-17+,26-18-. The van der Waals surface area contributed by atoms with E-state index in [0.717, 1.165) is 23.7 Å². The highest BCUT2D eigenvalue weighted by Gasteiger charge is 2.36. The smallest absolute Gasteiger partial charge is 0.00125 e. The first-order chi connectivity index (χ1) is 13.2. The van der Waals surface area contributed by atoms with Crippen LogP contribution in [0.2, 0.25) is 0 Å². The lowest BCUT2D eigenvalue weighted by molar-refractivity contribution is 0.191. The van der Waals surface area contributed by atoms with Gasteiger partial charge in [0.25, 0.3) is 0 Å². The van der Waals surface area contributed by atoms with Gasteiger partial charge in [0, 0.05) is 5.92 Å². The van der Waals surface area contributed by atoms with Gasteiger partial charge in [-0.2, -0.15) is 0 Å². The van der Waals surface area contributed by atoms with Gasteiger partial charge in [-0.05, 0) is 62.7 Å². The predicted molar refractivity (Wildman–Crippen MR) is 124 cm³/mol. The minimum Gasteiger partial charge on any atom is -0.0847 e. The topological polar surface area (TPSA) is 0 Å². The second-order valence-corrected chi connectivity index (χ2v) is 8.85. The van der Waals surface area contributed by atoms with E-state index in [1.54, 1.807) is 5.57 Å². The zero-order valence-electron chi connectivity index (χ0n) is 19.7. The van der Waals surface area contributed by atoms with Gasteiger partial charge in [0.1, 0.15) is 0 Å². The zero-order chi connectivity index (χ0) is 20.1. The molecule has 0 aromatic carbocycles. The molecule has 0 heterocycles. The molecule has 0 N–H and O–H groups in total. The fourth-order valence-corrected chi connectivity index (χ4v) is 5.35. The Hall–Kier alpha value is -0.520. The maximum absolute atomic E-state index is 2.65. The monoisotopic (exact) mass is 374 g/mol. The lowest BCUT2D eigenvalue weighted by Gasteiger charge is -2.42. The highest BCUT2D eigenvalue weighted by atomic mass is 14.4. The molecule has 1 aliphatic rings. The molecule has 1 fully saturated rings. The van der Waals surface area contributed by atoms with Gasteiger partial charge in [0.05, 0.1) is 0 Å². The summed E-state index contributed by atoms with van der Waals surface area (Å²) in [7, 11) is 0. The molecule has 0 radical (unpaired) electrons. The second kappa shape index (κ2) is 14.5. The van der Waals surface area contributed by atoms with Crippen molar-refractivity contribution in [3.05, 3.63) is 23.3 Å². The van der Waals surface area contributed by atoms with E-state index < -0.39 is 0 Å². The Bertz CT molecular complexity index is 421. The van der Waals surface area contributed by atoms with Crippen molar-refractivity contribution in [1.82, 2.24) is 0 Å². The van der Waals surface area contributed by atoms with Crippen molar-refractivity contribution < 1.29 is 0 Å². The normalized spacial score (nSPS) is 22.2. The highest BCUT2D eigenvalue weighted by Crippen LogP contribution is 2.48. The summed E-state index contributed by atoms with van der Waals surface area (Å²) < 4.78 is 0. The summed E-state index contributed by atoms with van der Waals surface area (Å²) in [6.07, 6.45) is 23.0. The lowest BCUT2D eigenvalue weighted by atomic mass is 9.62. The Morgan fingerprint density at radius 1 is 0.815 bits per heavy atom. The van der Waals surface area contributed by atoms with E-state index in [1.807, 2.05) is 5.57 Å². The molecule has 27 heavy (non-hydrogen) atoms. The molecule has 158 valence electrons. The van der Waals surface area contributed by atoms with Crippen molar-refractivity contribution in [3.63, 3.8) is 0 Å². The molecule has 0 aromatic heterocycles. The summed E-state index contributed by atoms with van der Waals surface area (Å²) >= 11 is 0. The summed E-state index contributed by atoms with van der Waals surface area (Å²) in [6.45, 7) is 14.2. The van der Waals surface area contributed by atoms with Gasteiger partial charge in [-0.3, -0.25) is 0 Å². The highest BCUT2D eigenvalue weighted by molar-refractivity contribution is 5.27. The second-order valence-electron chi connectivity index (χ2n) is 8.85. The van der Waals surface area contributed by atoms with E-state index in [9.17, 15) is 0 Å². The summed E-state index contributed by atoms with van der Waals surface area (Å²) in [5.74, 6) is 3.35. The number of allylic oxidation sites excluding steroid dienone is 4. The number of rotatable bonds is 15. The molecule has 0 bridgehead atoms. The third-order valence-corrected chi connectivity index (χ3v) is 7.11. The van der Waals surface area contributed by atoms with Crippen LogP contribution in [0.25, 0.3) is 0 Å². The van der Waals surface area contributed by atoms with Crippen molar-refractivity contribution in [2.45, 2.75) is 125 Å². The molecule has 0 aromatic rings. The molecule has 0 nitrogen and oxygen atoms in total. The van der Waals surface area contributed by atoms with Crippen molar-refractivity contribution in [1.29, 1.82) is 0 Å². The molecule has 3 unspecified atom stereocenters. The van der Waals surface area contributed by atoms with Crippen molar-refractivity contribution in [2.24, 2.45) is 23.7 Å². The summed E-state index contributed by atoms with van der Waals surface area (Å²) in [4.78, 5) is 0. The van der Waals surface area contributed by atoms with Crippen LogP contribution in [0.5, 0.6) is 0 Å². The van der Waals surface area contributed by atoms with Crippen LogP contribution in [0, 0.1) is 23.7 Å². The third-order valence-electron chi connectivity index (χ3n) is 7.11. The van der Waals surface area contributed by atoms with E-state index in [1.165, 1.54) is 83.5 Å². The Labute approximate surface area is 172 Å². The first-order valence-corrected chi connectivity index (χ1v) is 12.6. The quantitative estimate of drug-likeness (QED) is 0.198. The molecule has 0 heteroatoms. The Balaban J connectivity index is 3.08. The maximum atomic E-state index is 2.65. The third kappa shape index (κ3) is 7.43. The molecular weight excluding hydrogens is 324 g/mol. The van der Waals surface area contributed by atoms with Gasteiger partial charge >= 0.3 is 0 Å². The van der Waals surface area contributed by atoms with Gasteiger partial charge in [-0.1, -0.05) is 103 Å². The zero-order valence-corrected chi connectivity index (χ0v) is 19.7. The number of hydrogen-bond donors (Lipinski definition) is 0. The van der Waals surface area contributed by atoms with E-state index in [-0.39, 0.29) is 0 Å². The van der Waals surface area contributed by atoms with Gasteiger partial charge in [0.2, 0.25) is 0 Å². The molecule has 1 rings (SSSR count).